The van der Waals surface area contributed by atoms with Crippen molar-refractivity contribution in [2.24, 2.45) is 5.16 Å². The van der Waals surface area contributed by atoms with Gasteiger partial charge in [-0.25, -0.2) is 0 Å². The largest absolute Gasteiger partial charge is 0.490 e. The first kappa shape index (κ1) is 18.3. The van der Waals surface area contributed by atoms with Gasteiger partial charge in [-0.2, -0.15) is 0 Å². The molecule has 0 spiro atoms. The minimum absolute atomic E-state index is 0.0259. The predicted molar refractivity (Wildman–Crippen MR) is 94.3 cm³/mol. The lowest BCUT2D eigenvalue weighted by Gasteiger charge is -2.11. The van der Waals surface area contributed by atoms with Crippen LogP contribution >= 0.6 is 0 Å². The average molecular weight is 344 g/mol. The van der Waals surface area contributed by atoms with E-state index in [1.54, 1.807) is 18.3 Å². The van der Waals surface area contributed by atoms with Crippen molar-refractivity contribution in [3.05, 3.63) is 63.7 Å². The van der Waals surface area contributed by atoms with E-state index in [2.05, 4.69) is 5.16 Å². The Hall–Kier alpha value is -3.09. The molecule has 0 aliphatic rings. The van der Waals surface area contributed by atoms with Gasteiger partial charge in [-0.3, -0.25) is 10.1 Å². The Morgan fingerprint density at radius 2 is 1.84 bits per heavy atom. The normalized spacial score (nSPS) is 10.6. The van der Waals surface area contributed by atoms with Crippen LogP contribution in [-0.4, -0.2) is 24.4 Å². The molecule has 25 heavy (non-hydrogen) atoms. The SMILES string of the molecule is CCOc1ccc(/C=N\OCc2cccc([N+](=O)[O-])c2)cc1OCC. The van der Waals surface area contributed by atoms with Crippen molar-refractivity contribution in [3.63, 3.8) is 0 Å². The average Bonchev–Trinajstić information content (AvgIpc) is 2.61. The molecular formula is C18H20N2O5. The Bertz CT molecular complexity index is 746. The minimum Gasteiger partial charge on any atom is -0.490 e. The van der Waals surface area contributed by atoms with Crippen molar-refractivity contribution >= 4 is 11.9 Å². The second-order valence-electron chi connectivity index (χ2n) is 5.01. The molecule has 0 radical (unpaired) electrons. The maximum atomic E-state index is 10.7. The molecule has 0 fully saturated rings. The highest BCUT2D eigenvalue weighted by Gasteiger charge is 2.06. The standard InChI is InChI=1S/C18H20N2O5/c1-3-23-17-9-8-14(11-18(17)24-4-2)12-19-25-13-15-6-5-7-16(10-15)20(21)22/h5-12H,3-4,13H2,1-2H3/b19-12-. The minimum atomic E-state index is -0.443. The maximum absolute atomic E-state index is 10.7. The zero-order valence-electron chi connectivity index (χ0n) is 14.2. The lowest BCUT2D eigenvalue weighted by Crippen LogP contribution is -1.99. The van der Waals surface area contributed by atoms with E-state index < -0.39 is 4.92 Å². The molecule has 0 saturated heterocycles. The van der Waals surface area contributed by atoms with Crippen molar-refractivity contribution in [1.29, 1.82) is 0 Å². The van der Waals surface area contributed by atoms with Gasteiger partial charge in [-0.15, -0.1) is 0 Å². The van der Waals surface area contributed by atoms with Crippen LogP contribution in [0.25, 0.3) is 0 Å². The van der Waals surface area contributed by atoms with Gasteiger partial charge in [0.2, 0.25) is 0 Å². The van der Waals surface area contributed by atoms with Crippen molar-refractivity contribution in [2.45, 2.75) is 20.5 Å². The fraction of sp³-hybridized carbons (Fsp3) is 0.278. The maximum Gasteiger partial charge on any atom is 0.269 e. The van der Waals surface area contributed by atoms with Gasteiger partial charge in [0.1, 0.15) is 6.61 Å². The summed E-state index contributed by atoms with van der Waals surface area (Å²) in [5, 5.41) is 14.6. The van der Waals surface area contributed by atoms with E-state index in [0.717, 1.165) is 5.56 Å². The highest BCUT2D eigenvalue weighted by atomic mass is 16.6. The Kier molecular flexibility index (Phi) is 6.76. The summed E-state index contributed by atoms with van der Waals surface area (Å²) in [6, 6.07) is 11.7. The number of nitro benzene ring substituents is 1. The number of hydrogen-bond acceptors (Lipinski definition) is 6. The molecule has 0 unspecified atom stereocenters. The van der Waals surface area contributed by atoms with E-state index in [1.165, 1.54) is 12.1 Å². The van der Waals surface area contributed by atoms with Crippen LogP contribution in [0, 0.1) is 10.1 Å². The van der Waals surface area contributed by atoms with E-state index >= 15 is 0 Å². The summed E-state index contributed by atoms with van der Waals surface area (Å²) < 4.78 is 11.1. The van der Waals surface area contributed by atoms with Gasteiger partial charge in [-0.1, -0.05) is 17.3 Å². The number of nitro groups is 1. The van der Waals surface area contributed by atoms with Crippen LogP contribution < -0.4 is 9.47 Å². The molecule has 0 amide bonds. The topological polar surface area (TPSA) is 83.2 Å². The number of benzene rings is 2. The number of oxime groups is 1. The fourth-order valence-electron chi connectivity index (χ4n) is 2.12. The Labute approximate surface area is 146 Å². The molecule has 0 aliphatic carbocycles. The number of hydrogen-bond donors (Lipinski definition) is 0. The summed E-state index contributed by atoms with van der Waals surface area (Å²) in [7, 11) is 0. The van der Waals surface area contributed by atoms with E-state index in [4.69, 9.17) is 14.3 Å². The van der Waals surface area contributed by atoms with Gasteiger partial charge < -0.3 is 14.3 Å². The summed E-state index contributed by atoms with van der Waals surface area (Å²) in [5.41, 5.74) is 1.50. The molecule has 0 atom stereocenters. The molecule has 2 aromatic rings. The van der Waals surface area contributed by atoms with Gasteiger partial charge in [0.15, 0.2) is 11.5 Å². The summed E-state index contributed by atoms with van der Waals surface area (Å²) in [4.78, 5) is 15.5. The van der Waals surface area contributed by atoms with Crippen molar-refractivity contribution in [3.8, 4) is 11.5 Å². The third-order valence-electron chi connectivity index (χ3n) is 3.20. The van der Waals surface area contributed by atoms with Crippen LogP contribution in [-0.2, 0) is 11.4 Å². The van der Waals surface area contributed by atoms with Gasteiger partial charge in [0.25, 0.3) is 5.69 Å². The van der Waals surface area contributed by atoms with E-state index in [-0.39, 0.29) is 12.3 Å². The molecule has 132 valence electrons. The van der Waals surface area contributed by atoms with Crippen molar-refractivity contribution in [1.82, 2.24) is 0 Å². The van der Waals surface area contributed by atoms with Crippen molar-refractivity contribution < 1.29 is 19.2 Å². The molecule has 2 aromatic carbocycles. The van der Waals surface area contributed by atoms with Crippen LogP contribution in [0.5, 0.6) is 11.5 Å². The number of non-ortho nitro benzene ring substituents is 1. The first-order valence-electron chi connectivity index (χ1n) is 7.92. The lowest BCUT2D eigenvalue weighted by atomic mass is 10.2. The second-order valence-corrected chi connectivity index (χ2v) is 5.01. The molecule has 0 heterocycles. The first-order valence-corrected chi connectivity index (χ1v) is 7.92. The third kappa shape index (κ3) is 5.49. The van der Waals surface area contributed by atoms with Crippen LogP contribution in [0.15, 0.2) is 47.6 Å². The van der Waals surface area contributed by atoms with Gasteiger partial charge in [0.05, 0.1) is 24.4 Å². The molecule has 0 saturated carbocycles. The number of nitrogens with zero attached hydrogens (tertiary/aromatic N) is 2. The van der Waals surface area contributed by atoms with Gasteiger partial charge >= 0.3 is 0 Å². The van der Waals surface area contributed by atoms with Crippen molar-refractivity contribution in [2.75, 3.05) is 13.2 Å². The number of ether oxygens (including phenoxy) is 2. The highest BCUT2D eigenvalue weighted by molar-refractivity contribution is 5.80. The van der Waals surface area contributed by atoms with E-state index in [0.29, 0.717) is 30.3 Å². The summed E-state index contributed by atoms with van der Waals surface area (Å²) >= 11 is 0. The first-order chi connectivity index (χ1) is 12.1. The quantitative estimate of drug-likeness (QED) is 0.391. The van der Waals surface area contributed by atoms with Crippen LogP contribution in [0.4, 0.5) is 5.69 Å². The molecule has 7 heteroatoms. The molecule has 0 aromatic heterocycles. The Morgan fingerprint density at radius 3 is 2.56 bits per heavy atom. The summed E-state index contributed by atoms with van der Waals surface area (Å²) in [5.74, 6) is 1.32. The fourth-order valence-corrected chi connectivity index (χ4v) is 2.12. The molecular weight excluding hydrogens is 324 g/mol. The van der Waals surface area contributed by atoms with Crippen LogP contribution in [0.1, 0.15) is 25.0 Å². The second kappa shape index (κ2) is 9.27. The molecule has 0 N–H and O–H groups in total. The van der Waals surface area contributed by atoms with Gasteiger partial charge in [-0.05, 0) is 37.6 Å². The molecule has 7 nitrogen and oxygen atoms in total. The Morgan fingerprint density at radius 1 is 1.08 bits per heavy atom. The number of rotatable bonds is 9. The molecule has 2 rings (SSSR count). The lowest BCUT2D eigenvalue weighted by molar-refractivity contribution is -0.384. The predicted octanol–water partition coefficient (Wildman–Crippen LogP) is 3.94. The van der Waals surface area contributed by atoms with E-state index in [9.17, 15) is 10.1 Å². The zero-order valence-corrected chi connectivity index (χ0v) is 14.2. The van der Waals surface area contributed by atoms with Crippen LogP contribution in [0.2, 0.25) is 0 Å². The third-order valence-corrected chi connectivity index (χ3v) is 3.20. The van der Waals surface area contributed by atoms with Gasteiger partial charge in [0, 0.05) is 17.7 Å². The zero-order chi connectivity index (χ0) is 18.1. The van der Waals surface area contributed by atoms with E-state index in [1.807, 2.05) is 32.0 Å². The smallest absolute Gasteiger partial charge is 0.269 e. The molecule has 0 bridgehead atoms. The van der Waals surface area contributed by atoms with Crippen LogP contribution in [0.3, 0.4) is 0 Å². The monoisotopic (exact) mass is 344 g/mol. The Balaban J connectivity index is 1.98. The highest BCUT2D eigenvalue weighted by Crippen LogP contribution is 2.28. The molecule has 0 aliphatic heterocycles. The summed E-state index contributed by atoms with van der Waals surface area (Å²) in [6.45, 7) is 5.04. The summed E-state index contributed by atoms with van der Waals surface area (Å²) in [6.07, 6.45) is 1.55.